The van der Waals surface area contributed by atoms with Crippen molar-refractivity contribution in [2.24, 2.45) is 0 Å². The molecular weight excluding hydrogens is 355 g/mol. The van der Waals surface area contributed by atoms with Gasteiger partial charge in [-0.2, -0.15) is 0 Å². The molecule has 0 fully saturated rings. The van der Waals surface area contributed by atoms with Crippen LogP contribution in [0, 0.1) is 20.2 Å². The summed E-state index contributed by atoms with van der Waals surface area (Å²) in [6.45, 7) is 0. The summed E-state index contributed by atoms with van der Waals surface area (Å²) in [6.07, 6.45) is 0. The largest absolute Gasteiger partial charge is 0.282 e. The van der Waals surface area contributed by atoms with E-state index in [2.05, 4.69) is 0 Å². The molecule has 0 saturated carbocycles. The first kappa shape index (κ1) is 16.5. The van der Waals surface area contributed by atoms with Gasteiger partial charge in [-0.1, -0.05) is 46.9 Å². The van der Waals surface area contributed by atoms with Crippen molar-refractivity contribution in [2.75, 3.05) is 0 Å². The number of non-ortho nitro benzene ring substituents is 1. The first-order valence-corrected chi connectivity index (χ1v) is 6.94. The van der Waals surface area contributed by atoms with Crippen molar-refractivity contribution in [3.05, 3.63) is 78.8 Å². The monoisotopic (exact) mass is 360 g/mol. The molecule has 9 heteroatoms. The quantitative estimate of drug-likeness (QED) is 0.443. The van der Waals surface area contributed by atoms with Crippen molar-refractivity contribution in [2.45, 2.75) is 4.33 Å². The van der Waals surface area contributed by atoms with E-state index < -0.39 is 25.6 Å². The van der Waals surface area contributed by atoms with Crippen molar-refractivity contribution >= 4 is 46.2 Å². The van der Waals surface area contributed by atoms with Crippen LogP contribution < -0.4 is 0 Å². The predicted molar refractivity (Wildman–Crippen MR) is 83.7 cm³/mol. The molecule has 0 amide bonds. The summed E-state index contributed by atoms with van der Waals surface area (Å²) < 4.78 is -1.75. The van der Waals surface area contributed by atoms with Gasteiger partial charge in [0, 0.05) is 11.1 Å². The number of alkyl halides is 2. The summed E-state index contributed by atoms with van der Waals surface area (Å²) in [5.74, 6) is 0. The molecule has 0 radical (unpaired) electrons. The summed E-state index contributed by atoms with van der Waals surface area (Å²) in [5.41, 5.74) is -0.657. The van der Waals surface area contributed by atoms with E-state index in [-0.39, 0.29) is 5.56 Å². The fourth-order valence-corrected chi connectivity index (χ4v) is 2.56. The highest BCUT2D eigenvalue weighted by Crippen LogP contribution is 2.45. The first-order valence-electron chi connectivity index (χ1n) is 5.80. The van der Waals surface area contributed by atoms with Gasteiger partial charge in [-0.05, 0) is 23.8 Å². The van der Waals surface area contributed by atoms with Gasteiger partial charge in [-0.3, -0.25) is 20.2 Å². The number of nitro groups is 2. The first-order chi connectivity index (χ1) is 10.2. The minimum absolute atomic E-state index is 0.0613. The Bertz CT molecular complexity index is 747. The van der Waals surface area contributed by atoms with Gasteiger partial charge < -0.3 is 0 Å². The van der Waals surface area contributed by atoms with Gasteiger partial charge in [-0.15, -0.1) is 0 Å². The summed E-state index contributed by atoms with van der Waals surface area (Å²) in [5, 5.41) is 22.4. The van der Waals surface area contributed by atoms with Crippen molar-refractivity contribution in [1.29, 1.82) is 0 Å². The van der Waals surface area contributed by atoms with Gasteiger partial charge in [0.1, 0.15) is 0 Å². The standard InChI is InChI=1S/C13H7Cl3N2O4/c14-9-3-1-8(2-4-9)13(15,16)11-6-5-10(17(19)20)7-12(11)18(21)22/h1-7H. The lowest BCUT2D eigenvalue weighted by molar-refractivity contribution is -0.394. The molecule has 0 aliphatic carbocycles. The van der Waals surface area contributed by atoms with Gasteiger partial charge in [0.25, 0.3) is 11.4 Å². The van der Waals surface area contributed by atoms with E-state index in [0.717, 1.165) is 12.1 Å². The Hall–Kier alpha value is -1.89. The van der Waals surface area contributed by atoms with Crippen LogP contribution in [0.5, 0.6) is 0 Å². The fourth-order valence-electron chi connectivity index (χ4n) is 1.86. The van der Waals surface area contributed by atoms with Gasteiger partial charge in [-0.25, -0.2) is 0 Å². The van der Waals surface area contributed by atoms with E-state index >= 15 is 0 Å². The zero-order chi connectivity index (χ0) is 16.5. The van der Waals surface area contributed by atoms with Crippen LogP contribution in [0.3, 0.4) is 0 Å². The van der Waals surface area contributed by atoms with E-state index in [4.69, 9.17) is 34.8 Å². The molecule has 0 aliphatic heterocycles. The highest BCUT2D eigenvalue weighted by atomic mass is 35.5. The molecule has 0 spiro atoms. The maximum atomic E-state index is 11.2. The summed E-state index contributed by atoms with van der Waals surface area (Å²) in [7, 11) is 0. The van der Waals surface area contributed by atoms with E-state index in [1.54, 1.807) is 0 Å². The van der Waals surface area contributed by atoms with Gasteiger partial charge in [0.05, 0.1) is 21.5 Å². The highest BCUT2D eigenvalue weighted by Gasteiger charge is 2.36. The normalized spacial score (nSPS) is 11.2. The number of hydrogen-bond donors (Lipinski definition) is 0. The van der Waals surface area contributed by atoms with E-state index in [9.17, 15) is 20.2 Å². The smallest absolute Gasteiger partial charge is 0.258 e. The zero-order valence-electron chi connectivity index (χ0n) is 10.7. The Labute approximate surface area is 139 Å². The third kappa shape index (κ3) is 3.14. The molecule has 0 atom stereocenters. The molecule has 2 rings (SSSR count). The topological polar surface area (TPSA) is 86.3 Å². The second-order valence-electron chi connectivity index (χ2n) is 4.30. The second-order valence-corrected chi connectivity index (χ2v) is 6.06. The van der Waals surface area contributed by atoms with Crippen LogP contribution in [0.25, 0.3) is 0 Å². The Morgan fingerprint density at radius 1 is 0.909 bits per heavy atom. The average Bonchev–Trinajstić information content (AvgIpc) is 2.46. The van der Waals surface area contributed by atoms with Crippen LogP contribution in [0.1, 0.15) is 11.1 Å². The van der Waals surface area contributed by atoms with E-state index in [1.807, 2.05) is 0 Å². The fraction of sp³-hybridized carbons (Fsp3) is 0.0769. The van der Waals surface area contributed by atoms with Crippen molar-refractivity contribution in [3.63, 3.8) is 0 Å². The van der Waals surface area contributed by atoms with Crippen LogP contribution in [0.15, 0.2) is 42.5 Å². The minimum Gasteiger partial charge on any atom is -0.258 e. The van der Waals surface area contributed by atoms with Crippen molar-refractivity contribution in [3.8, 4) is 0 Å². The Morgan fingerprint density at radius 3 is 2.00 bits per heavy atom. The number of nitrogens with zero attached hydrogens (tertiary/aromatic N) is 2. The molecule has 0 aromatic heterocycles. The third-order valence-corrected chi connectivity index (χ3v) is 4.03. The Morgan fingerprint density at radius 2 is 1.50 bits per heavy atom. The lowest BCUT2D eigenvalue weighted by Crippen LogP contribution is -2.14. The molecule has 2 aromatic carbocycles. The molecule has 0 saturated heterocycles. The molecule has 0 bridgehead atoms. The number of nitro benzene ring substituents is 2. The Balaban J connectivity index is 2.61. The maximum absolute atomic E-state index is 11.2. The Kier molecular flexibility index (Phi) is 4.55. The number of rotatable bonds is 4. The van der Waals surface area contributed by atoms with Crippen LogP contribution >= 0.6 is 34.8 Å². The number of halogens is 3. The van der Waals surface area contributed by atoms with Gasteiger partial charge >= 0.3 is 0 Å². The molecule has 0 heterocycles. The SMILES string of the molecule is O=[N+]([O-])c1ccc(C(Cl)(Cl)c2ccc(Cl)cc2)c([N+](=O)[O-])c1. The molecule has 0 aliphatic rings. The predicted octanol–water partition coefficient (Wildman–Crippen LogP) is 4.84. The van der Waals surface area contributed by atoms with Crippen LogP contribution in [0.2, 0.25) is 5.02 Å². The van der Waals surface area contributed by atoms with Crippen LogP contribution in [0.4, 0.5) is 11.4 Å². The molecular formula is C13H7Cl3N2O4. The highest BCUT2D eigenvalue weighted by molar-refractivity contribution is 6.50. The minimum atomic E-state index is -1.75. The van der Waals surface area contributed by atoms with Crippen molar-refractivity contribution in [1.82, 2.24) is 0 Å². The van der Waals surface area contributed by atoms with Crippen LogP contribution in [-0.4, -0.2) is 9.85 Å². The summed E-state index contributed by atoms with van der Waals surface area (Å²) >= 11 is 18.3. The van der Waals surface area contributed by atoms with E-state index in [1.165, 1.54) is 30.3 Å². The molecule has 114 valence electrons. The van der Waals surface area contributed by atoms with Gasteiger partial charge in [0.2, 0.25) is 0 Å². The molecule has 0 unspecified atom stereocenters. The maximum Gasteiger partial charge on any atom is 0.282 e. The lowest BCUT2D eigenvalue weighted by Gasteiger charge is -2.20. The third-order valence-electron chi connectivity index (χ3n) is 2.93. The van der Waals surface area contributed by atoms with Crippen LogP contribution in [-0.2, 0) is 4.33 Å². The molecule has 6 nitrogen and oxygen atoms in total. The average molecular weight is 362 g/mol. The molecule has 2 aromatic rings. The number of benzene rings is 2. The number of hydrogen-bond acceptors (Lipinski definition) is 4. The van der Waals surface area contributed by atoms with Crippen molar-refractivity contribution < 1.29 is 9.85 Å². The molecule has 0 N–H and O–H groups in total. The zero-order valence-corrected chi connectivity index (χ0v) is 13.0. The lowest BCUT2D eigenvalue weighted by atomic mass is 10.0. The van der Waals surface area contributed by atoms with E-state index in [0.29, 0.717) is 10.6 Å². The summed E-state index contributed by atoms with van der Waals surface area (Å²) in [4.78, 5) is 20.4. The summed E-state index contributed by atoms with van der Waals surface area (Å²) in [6, 6.07) is 9.22. The molecule has 22 heavy (non-hydrogen) atoms. The second kappa shape index (κ2) is 6.08. The van der Waals surface area contributed by atoms with Gasteiger partial charge in [0.15, 0.2) is 4.33 Å².